The Morgan fingerprint density at radius 3 is 2.05 bits per heavy atom. The Labute approximate surface area is 123 Å². The van der Waals surface area contributed by atoms with Crippen LogP contribution >= 0.6 is 0 Å². The zero-order valence-corrected chi connectivity index (χ0v) is 12.2. The molecule has 0 N–H and O–H groups in total. The van der Waals surface area contributed by atoms with Gasteiger partial charge in [0.05, 0.1) is 21.3 Å². The van der Waals surface area contributed by atoms with Crippen LogP contribution in [0.4, 0.5) is 4.39 Å². The van der Waals surface area contributed by atoms with E-state index in [0.29, 0.717) is 11.3 Å². The minimum absolute atomic E-state index is 0.110. The van der Waals surface area contributed by atoms with Gasteiger partial charge in [0, 0.05) is 0 Å². The zero-order valence-electron chi connectivity index (χ0n) is 12.2. The fourth-order valence-corrected chi connectivity index (χ4v) is 1.94. The molecule has 2 aromatic rings. The first kappa shape index (κ1) is 14.9. The molecule has 2 aromatic carbocycles. The molecule has 110 valence electrons. The van der Waals surface area contributed by atoms with Gasteiger partial charge in [0.25, 0.3) is 0 Å². The van der Waals surface area contributed by atoms with Crippen molar-refractivity contribution in [2.24, 2.45) is 0 Å². The molecular formula is C17H17FO3. The summed E-state index contributed by atoms with van der Waals surface area (Å²) < 4.78 is 29.1. The van der Waals surface area contributed by atoms with Gasteiger partial charge in [-0.3, -0.25) is 0 Å². The lowest BCUT2D eigenvalue weighted by molar-refractivity contribution is 0.337. The van der Waals surface area contributed by atoms with Gasteiger partial charge in [-0.25, -0.2) is 4.39 Å². The lowest BCUT2D eigenvalue weighted by Crippen LogP contribution is -1.94. The lowest BCUT2D eigenvalue weighted by Gasteiger charge is -2.09. The summed E-state index contributed by atoms with van der Waals surface area (Å²) in [5.74, 6) is 0.821. The Morgan fingerprint density at radius 1 is 0.810 bits per heavy atom. The molecule has 0 unspecified atom stereocenters. The molecule has 0 atom stereocenters. The van der Waals surface area contributed by atoms with Gasteiger partial charge in [-0.05, 0) is 35.4 Å². The second-order valence-corrected chi connectivity index (χ2v) is 4.34. The molecule has 0 aliphatic heterocycles. The van der Waals surface area contributed by atoms with E-state index in [9.17, 15) is 4.39 Å². The summed E-state index contributed by atoms with van der Waals surface area (Å²) in [6.07, 6.45) is 3.70. The summed E-state index contributed by atoms with van der Waals surface area (Å²) in [6.45, 7) is 0. The highest BCUT2D eigenvalue weighted by Crippen LogP contribution is 2.31. The van der Waals surface area contributed by atoms with E-state index < -0.39 is 5.82 Å². The molecule has 0 radical (unpaired) electrons. The maximum atomic E-state index is 13.9. The number of methoxy groups -OCH3 is 3. The summed E-state index contributed by atoms with van der Waals surface area (Å²) in [5, 5.41) is 0. The van der Waals surface area contributed by atoms with E-state index in [1.807, 2.05) is 36.4 Å². The van der Waals surface area contributed by atoms with Gasteiger partial charge in [-0.2, -0.15) is 0 Å². The molecule has 0 aliphatic carbocycles. The Balaban J connectivity index is 2.25. The fourth-order valence-electron chi connectivity index (χ4n) is 1.94. The van der Waals surface area contributed by atoms with Crippen molar-refractivity contribution in [2.75, 3.05) is 21.3 Å². The van der Waals surface area contributed by atoms with E-state index in [1.54, 1.807) is 13.2 Å². The predicted molar refractivity (Wildman–Crippen MR) is 81.4 cm³/mol. The van der Waals surface area contributed by atoms with Gasteiger partial charge in [0.2, 0.25) is 0 Å². The Morgan fingerprint density at radius 2 is 1.48 bits per heavy atom. The first-order chi connectivity index (χ1) is 10.2. The molecule has 0 amide bonds. The Hall–Kier alpha value is -2.49. The zero-order chi connectivity index (χ0) is 15.2. The summed E-state index contributed by atoms with van der Waals surface area (Å²) in [6, 6.07) is 10.7. The first-order valence-electron chi connectivity index (χ1n) is 6.41. The third-order valence-electron chi connectivity index (χ3n) is 3.04. The number of hydrogen-bond acceptors (Lipinski definition) is 3. The Bertz CT molecular complexity index is 633. The van der Waals surface area contributed by atoms with Crippen molar-refractivity contribution in [2.45, 2.75) is 0 Å². The van der Waals surface area contributed by atoms with Crippen molar-refractivity contribution in [3.8, 4) is 17.2 Å². The van der Waals surface area contributed by atoms with Crippen LogP contribution in [0.1, 0.15) is 11.1 Å². The van der Waals surface area contributed by atoms with Crippen LogP contribution in [0.15, 0.2) is 36.4 Å². The van der Waals surface area contributed by atoms with E-state index in [1.165, 1.54) is 20.3 Å². The second-order valence-electron chi connectivity index (χ2n) is 4.34. The highest BCUT2D eigenvalue weighted by molar-refractivity contribution is 5.71. The maximum absolute atomic E-state index is 13.9. The SMILES string of the molecule is COc1ccc(C=Cc2cc(F)c(OC)c(OC)c2)cc1. The van der Waals surface area contributed by atoms with E-state index in [4.69, 9.17) is 14.2 Å². The summed E-state index contributed by atoms with van der Waals surface area (Å²) in [5.41, 5.74) is 1.69. The molecule has 21 heavy (non-hydrogen) atoms. The van der Waals surface area contributed by atoms with E-state index in [2.05, 4.69) is 0 Å². The quantitative estimate of drug-likeness (QED) is 0.778. The van der Waals surface area contributed by atoms with E-state index in [-0.39, 0.29) is 5.75 Å². The lowest BCUT2D eigenvalue weighted by atomic mass is 10.1. The van der Waals surface area contributed by atoms with Gasteiger partial charge in [0.15, 0.2) is 17.3 Å². The molecular weight excluding hydrogens is 271 g/mol. The van der Waals surface area contributed by atoms with Crippen molar-refractivity contribution in [3.05, 3.63) is 53.3 Å². The first-order valence-corrected chi connectivity index (χ1v) is 6.41. The molecule has 4 heteroatoms. The molecule has 0 aliphatic rings. The van der Waals surface area contributed by atoms with E-state index in [0.717, 1.165) is 11.3 Å². The van der Waals surface area contributed by atoms with Crippen molar-refractivity contribution >= 4 is 12.2 Å². The van der Waals surface area contributed by atoms with Crippen LogP contribution in [0, 0.1) is 5.82 Å². The van der Waals surface area contributed by atoms with Gasteiger partial charge >= 0.3 is 0 Å². The molecule has 0 aromatic heterocycles. The maximum Gasteiger partial charge on any atom is 0.196 e. The second kappa shape index (κ2) is 6.79. The smallest absolute Gasteiger partial charge is 0.196 e. The minimum atomic E-state index is -0.453. The van der Waals surface area contributed by atoms with Crippen molar-refractivity contribution in [1.29, 1.82) is 0 Å². The third kappa shape index (κ3) is 3.54. The Kier molecular flexibility index (Phi) is 4.82. The van der Waals surface area contributed by atoms with Gasteiger partial charge in [-0.15, -0.1) is 0 Å². The molecule has 0 bridgehead atoms. The fraction of sp³-hybridized carbons (Fsp3) is 0.176. The van der Waals surface area contributed by atoms with Crippen molar-refractivity contribution in [3.63, 3.8) is 0 Å². The number of ether oxygens (including phenoxy) is 3. The molecule has 0 saturated heterocycles. The van der Waals surface area contributed by atoms with Crippen LogP contribution in [0.5, 0.6) is 17.2 Å². The average Bonchev–Trinajstić information content (AvgIpc) is 2.52. The van der Waals surface area contributed by atoms with Crippen LogP contribution in [0.25, 0.3) is 12.2 Å². The van der Waals surface area contributed by atoms with E-state index >= 15 is 0 Å². The number of benzene rings is 2. The predicted octanol–water partition coefficient (Wildman–Crippen LogP) is 4.02. The van der Waals surface area contributed by atoms with Gasteiger partial charge < -0.3 is 14.2 Å². The molecule has 0 saturated carbocycles. The monoisotopic (exact) mass is 288 g/mol. The van der Waals surface area contributed by atoms with Crippen LogP contribution in [-0.4, -0.2) is 21.3 Å². The normalized spacial score (nSPS) is 10.7. The summed E-state index contributed by atoms with van der Waals surface area (Å²) in [7, 11) is 4.51. The summed E-state index contributed by atoms with van der Waals surface area (Å²) in [4.78, 5) is 0. The number of hydrogen-bond donors (Lipinski definition) is 0. The largest absolute Gasteiger partial charge is 0.497 e. The number of rotatable bonds is 5. The van der Waals surface area contributed by atoms with Gasteiger partial charge in [-0.1, -0.05) is 24.3 Å². The standard InChI is InChI=1S/C17H17FO3/c1-19-14-8-6-12(7-9-14)4-5-13-10-15(18)17(21-3)16(11-13)20-2/h4-11H,1-3H3. The highest BCUT2D eigenvalue weighted by atomic mass is 19.1. The molecule has 0 fully saturated rings. The van der Waals surface area contributed by atoms with Crippen LogP contribution in [0.2, 0.25) is 0 Å². The van der Waals surface area contributed by atoms with Crippen molar-refractivity contribution in [1.82, 2.24) is 0 Å². The van der Waals surface area contributed by atoms with Crippen LogP contribution < -0.4 is 14.2 Å². The highest BCUT2D eigenvalue weighted by Gasteiger charge is 2.10. The molecule has 3 nitrogen and oxygen atoms in total. The van der Waals surface area contributed by atoms with Crippen LogP contribution in [-0.2, 0) is 0 Å². The van der Waals surface area contributed by atoms with Crippen molar-refractivity contribution < 1.29 is 18.6 Å². The number of halogens is 1. The topological polar surface area (TPSA) is 27.7 Å². The minimum Gasteiger partial charge on any atom is -0.497 e. The molecule has 2 rings (SSSR count). The third-order valence-corrected chi connectivity index (χ3v) is 3.04. The summed E-state index contributed by atoms with van der Waals surface area (Å²) >= 11 is 0. The molecule has 0 heterocycles. The van der Waals surface area contributed by atoms with Crippen LogP contribution in [0.3, 0.4) is 0 Å². The average molecular weight is 288 g/mol. The van der Waals surface area contributed by atoms with Gasteiger partial charge in [0.1, 0.15) is 5.75 Å². The molecule has 0 spiro atoms.